The van der Waals surface area contributed by atoms with E-state index in [1.54, 1.807) is 7.11 Å². The summed E-state index contributed by atoms with van der Waals surface area (Å²) in [7, 11) is 3.59. The minimum Gasteiger partial charge on any atom is -0.481 e. The van der Waals surface area contributed by atoms with Crippen LogP contribution >= 0.6 is 0 Å². The summed E-state index contributed by atoms with van der Waals surface area (Å²) in [4.78, 5) is 4.47. The summed E-state index contributed by atoms with van der Waals surface area (Å²) in [6.07, 6.45) is 5.17. The molecule has 1 aliphatic heterocycles. The molecule has 0 radical (unpaired) electrons. The van der Waals surface area contributed by atoms with E-state index in [-0.39, 0.29) is 6.10 Å². The van der Waals surface area contributed by atoms with Crippen LogP contribution in [0.15, 0.2) is 18.5 Å². The van der Waals surface area contributed by atoms with Crippen LogP contribution in [0.5, 0.6) is 5.88 Å². The van der Waals surface area contributed by atoms with Gasteiger partial charge in [0.1, 0.15) is 0 Å². The monoisotopic (exact) mass is 330 g/mol. The number of methoxy groups -OCH3 is 1. The molecule has 2 aromatic rings. The van der Waals surface area contributed by atoms with Gasteiger partial charge >= 0.3 is 0 Å². The van der Waals surface area contributed by atoms with Gasteiger partial charge in [-0.05, 0) is 31.4 Å². The van der Waals surface area contributed by atoms with E-state index in [4.69, 9.17) is 9.47 Å². The first-order chi connectivity index (χ1) is 11.6. The lowest BCUT2D eigenvalue weighted by molar-refractivity contribution is 0.0904. The lowest BCUT2D eigenvalue weighted by Crippen LogP contribution is -2.25. The summed E-state index contributed by atoms with van der Waals surface area (Å²) in [5, 5.41) is 7.84. The van der Waals surface area contributed by atoms with Crippen LogP contribution in [0, 0.1) is 19.8 Å². The Bertz CT molecular complexity index is 675. The summed E-state index contributed by atoms with van der Waals surface area (Å²) >= 11 is 0. The first-order valence-electron chi connectivity index (χ1n) is 8.40. The van der Waals surface area contributed by atoms with Crippen molar-refractivity contribution in [1.82, 2.24) is 20.1 Å². The highest BCUT2D eigenvalue weighted by Crippen LogP contribution is 2.33. The number of hydrogen-bond acceptors (Lipinski definition) is 5. The molecule has 3 rings (SSSR count). The summed E-state index contributed by atoms with van der Waals surface area (Å²) in [6.45, 7) is 6.68. The van der Waals surface area contributed by atoms with Gasteiger partial charge in [-0.1, -0.05) is 0 Å². The Balaban J connectivity index is 1.60. The molecule has 0 spiro atoms. The third kappa shape index (κ3) is 3.60. The molecule has 130 valence electrons. The molecule has 0 unspecified atom stereocenters. The number of aryl methyl sites for hydroxylation is 3. The molecule has 0 aromatic carbocycles. The number of hydrogen-bond donors (Lipinski definition) is 1. The van der Waals surface area contributed by atoms with Crippen LogP contribution in [0.1, 0.15) is 34.9 Å². The predicted molar refractivity (Wildman–Crippen MR) is 92.0 cm³/mol. The Morgan fingerprint density at radius 2 is 2.25 bits per heavy atom. The van der Waals surface area contributed by atoms with E-state index < -0.39 is 0 Å². The molecular weight excluding hydrogens is 304 g/mol. The van der Waals surface area contributed by atoms with Crippen LogP contribution in [-0.4, -0.2) is 35.0 Å². The molecule has 1 N–H and O–H groups in total. The van der Waals surface area contributed by atoms with Crippen LogP contribution in [0.2, 0.25) is 0 Å². The van der Waals surface area contributed by atoms with Crippen LogP contribution in [0.3, 0.4) is 0 Å². The molecule has 24 heavy (non-hydrogen) atoms. The van der Waals surface area contributed by atoms with Crippen molar-refractivity contribution >= 4 is 0 Å². The van der Waals surface area contributed by atoms with Crippen LogP contribution in [-0.2, 0) is 18.3 Å². The van der Waals surface area contributed by atoms with Crippen molar-refractivity contribution in [1.29, 1.82) is 0 Å². The Kier molecular flexibility index (Phi) is 5.16. The predicted octanol–water partition coefficient (Wildman–Crippen LogP) is 2.31. The number of rotatable bonds is 6. The molecule has 2 aromatic heterocycles. The molecule has 3 heterocycles. The Morgan fingerprint density at radius 1 is 1.42 bits per heavy atom. The molecule has 6 heteroatoms. The molecule has 1 saturated heterocycles. The zero-order valence-electron chi connectivity index (χ0n) is 14.9. The van der Waals surface area contributed by atoms with Gasteiger partial charge in [-0.25, -0.2) is 4.98 Å². The van der Waals surface area contributed by atoms with Crippen LogP contribution < -0.4 is 10.1 Å². The Labute approximate surface area is 143 Å². The highest BCUT2D eigenvalue weighted by Gasteiger charge is 2.30. The maximum Gasteiger partial charge on any atom is 0.213 e. The largest absolute Gasteiger partial charge is 0.481 e. The molecule has 0 amide bonds. The average Bonchev–Trinajstić information content (AvgIpc) is 3.18. The lowest BCUT2D eigenvalue weighted by atomic mass is 9.97. The van der Waals surface area contributed by atoms with E-state index in [1.807, 2.05) is 37.1 Å². The SMILES string of the molecule is COc1cc(C)c(CNC[C@@H]2CCO[C@H]2c2cnn(C)c2)c(C)n1. The van der Waals surface area contributed by atoms with E-state index in [2.05, 4.69) is 22.3 Å². The number of nitrogens with one attached hydrogen (secondary N) is 1. The number of aromatic nitrogens is 3. The number of ether oxygens (including phenoxy) is 2. The smallest absolute Gasteiger partial charge is 0.213 e. The van der Waals surface area contributed by atoms with E-state index in [0.717, 1.165) is 31.8 Å². The average molecular weight is 330 g/mol. The zero-order chi connectivity index (χ0) is 17.1. The number of nitrogens with zero attached hydrogens (tertiary/aromatic N) is 3. The summed E-state index contributed by atoms with van der Waals surface area (Å²) in [6, 6.07) is 1.99. The maximum absolute atomic E-state index is 5.92. The van der Waals surface area contributed by atoms with Crippen LogP contribution in [0.25, 0.3) is 0 Å². The van der Waals surface area contributed by atoms with Crippen molar-refractivity contribution in [3.63, 3.8) is 0 Å². The quantitative estimate of drug-likeness (QED) is 0.881. The third-order valence-corrected chi connectivity index (χ3v) is 4.72. The van der Waals surface area contributed by atoms with Crippen LogP contribution in [0.4, 0.5) is 0 Å². The fourth-order valence-electron chi connectivity index (χ4n) is 3.38. The van der Waals surface area contributed by atoms with Crippen molar-refractivity contribution < 1.29 is 9.47 Å². The summed E-state index contributed by atoms with van der Waals surface area (Å²) in [5.41, 5.74) is 4.64. The second kappa shape index (κ2) is 7.32. The van der Waals surface area contributed by atoms with E-state index >= 15 is 0 Å². The van der Waals surface area contributed by atoms with Gasteiger partial charge in [-0.15, -0.1) is 0 Å². The highest BCUT2D eigenvalue weighted by molar-refractivity contribution is 5.33. The lowest BCUT2D eigenvalue weighted by Gasteiger charge is -2.19. The molecule has 1 aliphatic rings. The molecule has 1 fully saturated rings. The first kappa shape index (κ1) is 16.9. The fraction of sp³-hybridized carbons (Fsp3) is 0.556. The van der Waals surface area contributed by atoms with Crippen molar-refractivity contribution in [2.45, 2.75) is 32.9 Å². The standard InChI is InChI=1S/C18H26N4O2/c1-12-7-17(23-4)21-13(2)16(12)10-19-8-14-5-6-24-18(14)15-9-20-22(3)11-15/h7,9,11,14,18-19H,5-6,8,10H2,1-4H3/t14-,18+/m0/s1. The zero-order valence-corrected chi connectivity index (χ0v) is 14.9. The highest BCUT2D eigenvalue weighted by atomic mass is 16.5. The fourth-order valence-corrected chi connectivity index (χ4v) is 3.38. The first-order valence-corrected chi connectivity index (χ1v) is 8.40. The molecule has 6 nitrogen and oxygen atoms in total. The van der Waals surface area contributed by atoms with Gasteiger partial charge in [-0.3, -0.25) is 4.68 Å². The minimum absolute atomic E-state index is 0.141. The third-order valence-electron chi connectivity index (χ3n) is 4.72. The molecule has 0 aliphatic carbocycles. The second-order valence-corrected chi connectivity index (χ2v) is 6.46. The van der Waals surface area contributed by atoms with Gasteiger partial charge in [0.2, 0.25) is 5.88 Å². The second-order valence-electron chi connectivity index (χ2n) is 6.46. The van der Waals surface area contributed by atoms with Gasteiger partial charge in [0.05, 0.1) is 19.4 Å². The topological polar surface area (TPSA) is 61.2 Å². The molecule has 2 atom stereocenters. The van der Waals surface area contributed by atoms with Gasteiger partial charge < -0.3 is 14.8 Å². The molecule has 0 saturated carbocycles. The van der Waals surface area contributed by atoms with E-state index in [1.165, 1.54) is 16.7 Å². The van der Waals surface area contributed by atoms with Crippen molar-refractivity contribution in [2.24, 2.45) is 13.0 Å². The van der Waals surface area contributed by atoms with E-state index in [0.29, 0.717) is 11.8 Å². The Hall–Kier alpha value is -1.92. The molecular formula is C18H26N4O2. The van der Waals surface area contributed by atoms with E-state index in [9.17, 15) is 0 Å². The molecule has 0 bridgehead atoms. The summed E-state index contributed by atoms with van der Waals surface area (Å²) in [5.74, 6) is 1.15. The van der Waals surface area contributed by atoms with Crippen molar-refractivity contribution in [3.05, 3.63) is 40.8 Å². The van der Waals surface area contributed by atoms with Gasteiger partial charge in [0.25, 0.3) is 0 Å². The van der Waals surface area contributed by atoms with Gasteiger partial charge in [0.15, 0.2) is 0 Å². The van der Waals surface area contributed by atoms with Crippen molar-refractivity contribution in [3.8, 4) is 5.88 Å². The van der Waals surface area contributed by atoms with Crippen molar-refractivity contribution in [2.75, 3.05) is 20.3 Å². The summed E-state index contributed by atoms with van der Waals surface area (Å²) < 4.78 is 13.0. The maximum atomic E-state index is 5.92. The number of pyridine rings is 1. The Morgan fingerprint density at radius 3 is 2.92 bits per heavy atom. The normalized spacial score (nSPS) is 20.5. The van der Waals surface area contributed by atoms with Gasteiger partial charge in [-0.2, -0.15) is 5.10 Å². The van der Waals surface area contributed by atoms with Gasteiger partial charge in [0, 0.05) is 56.2 Å². The minimum atomic E-state index is 0.141.